The first-order valence-corrected chi connectivity index (χ1v) is 11.6. The van der Waals surface area contributed by atoms with E-state index in [1.165, 1.54) is 7.11 Å². The highest BCUT2D eigenvalue weighted by Crippen LogP contribution is 2.42. The number of phenolic OH excluding ortho intramolecular Hbond substituents is 1. The van der Waals surface area contributed by atoms with Gasteiger partial charge in [-0.2, -0.15) is 0 Å². The number of ether oxygens (including phenoxy) is 1. The second kappa shape index (κ2) is 9.83. The minimum Gasteiger partial charge on any atom is -0.504 e. The van der Waals surface area contributed by atoms with Crippen LogP contribution in [0.15, 0.2) is 76.0 Å². The molecule has 0 radical (unpaired) electrons. The standard InChI is InChI=1S/C26H25NO4S/c1-30-23-15-19(10-11-21(23)28)25-26(32-2)20-14-17(8-12-22(20)31-25)9-13-24(29)27-16-18-6-4-3-5-7-18/h3-8,10-12,14-15,28H,9,13,16H2,1-2H3,(H,27,29). The first-order valence-electron chi connectivity index (χ1n) is 10.4. The summed E-state index contributed by atoms with van der Waals surface area (Å²) >= 11 is 1.61. The van der Waals surface area contributed by atoms with Crippen LogP contribution < -0.4 is 10.1 Å². The number of aromatic hydroxyl groups is 1. The van der Waals surface area contributed by atoms with Gasteiger partial charge in [0.05, 0.1) is 12.0 Å². The van der Waals surface area contributed by atoms with Crippen LogP contribution in [0.4, 0.5) is 0 Å². The van der Waals surface area contributed by atoms with Crippen molar-refractivity contribution in [2.75, 3.05) is 13.4 Å². The normalized spacial score (nSPS) is 10.9. The maximum Gasteiger partial charge on any atom is 0.220 e. The van der Waals surface area contributed by atoms with E-state index >= 15 is 0 Å². The number of fused-ring (bicyclic) bond motifs is 1. The van der Waals surface area contributed by atoms with E-state index < -0.39 is 0 Å². The molecule has 32 heavy (non-hydrogen) atoms. The van der Waals surface area contributed by atoms with Gasteiger partial charge in [0.1, 0.15) is 11.3 Å². The number of carbonyl (C=O) groups is 1. The number of rotatable bonds is 8. The Labute approximate surface area is 191 Å². The maximum atomic E-state index is 12.3. The van der Waals surface area contributed by atoms with Gasteiger partial charge in [-0.25, -0.2) is 0 Å². The number of carbonyl (C=O) groups excluding carboxylic acids is 1. The minimum atomic E-state index is 0.0307. The molecule has 0 bridgehead atoms. The second-order valence-corrected chi connectivity index (χ2v) is 8.26. The Bertz CT molecular complexity index is 1230. The summed E-state index contributed by atoms with van der Waals surface area (Å²) in [6.45, 7) is 0.538. The van der Waals surface area contributed by atoms with Crippen molar-refractivity contribution in [2.24, 2.45) is 0 Å². The molecule has 5 nitrogen and oxygen atoms in total. The number of amides is 1. The molecule has 0 fully saturated rings. The van der Waals surface area contributed by atoms with E-state index in [2.05, 4.69) is 11.4 Å². The third kappa shape index (κ3) is 4.75. The Kier molecular flexibility index (Phi) is 6.71. The molecule has 1 heterocycles. The molecule has 0 saturated heterocycles. The predicted molar refractivity (Wildman–Crippen MR) is 128 cm³/mol. The van der Waals surface area contributed by atoms with Gasteiger partial charge in [-0.15, -0.1) is 11.8 Å². The van der Waals surface area contributed by atoms with Crippen LogP contribution in [-0.2, 0) is 17.8 Å². The number of hydrogen-bond donors (Lipinski definition) is 2. The molecular weight excluding hydrogens is 422 g/mol. The molecule has 1 amide bonds. The summed E-state index contributed by atoms with van der Waals surface area (Å²) in [5.74, 6) is 1.26. The third-order valence-corrected chi connectivity index (χ3v) is 6.14. The van der Waals surface area contributed by atoms with Crippen LogP contribution in [0.3, 0.4) is 0 Å². The van der Waals surface area contributed by atoms with Crippen molar-refractivity contribution in [3.8, 4) is 22.8 Å². The molecule has 4 aromatic rings. The van der Waals surface area contributed by atoms with Gasteiger partial charge in [-0.1, -0.05) is 36.4 Å². The summed E-state index contributed by atoms with van der Waals surface area (Å²) in [6, 6.07) is 21.1. The number of nitrogens with one attached hydrogen (secondary N) is 1. The van der Waals surface area contributed by atoms with Crippen LogP contribution in [0.5, 0.6) is 11.5 Å². The molecule has 0 aliphatic heterocycles. The fourth-order valence-corrected chi connectivity index (χ4v) is 4.36. The van der Waals surface area contributed by atoms with E-state index in [1.807, 2.05) is 54.8 Å². The van der Waals surface area contributed by atoms with Crippen molar-refractivity contribution >= 4 is 28.6 Å². The first kappa shape index (κ1) is 21.8. The molecule has 1 aromatic heterocycles. The summed E-state index contributed by atoms with van der Waals surface area (Å²) in [7, 11) is 1.52. The van der Waals surface area contributed by atoms with E-state index in [4.69, 9.17) is 9.15 Å². The molecule has 4 rings (SSSR count). The number of furan rings is 1. The summed E-state index contributed by atoms with van der Waals surface area (Å²) in [4.78, 5) is 13.3. The average molecular weight is 448 g/mol. The molecule has 0 aliphatic carbocycles. The van der Waals surface area contributed by atoms with Gasteiger partial charge in [-0.3, -0.25) is 4.79 Å². The van der Waals surface area contributed by atoms with Gasteiger partial charge >= 0.3 is 0 Å². The minimum absolute atomic E-state index is 0.0307. The molecule has 0 aliphatic rings. The lowest BCUT2D eigenvalue weighted by Crippen LogP contribution is -2.22. The van der Waals surface area contributed by atoms with Gasteiger partial charge < -0.3 is 19.6 Å². The Morgan fingerprint density at radius 2 is 1.88 bits per heavy atom. The van der Waals surface area contributed by atoms with Crippen molar-refractivity contribution in [3.05, 3.63) is 77.9 Å². The predicted octanol–water partition coefficient (Wildman–Crippen LogP) is 5.78. The van der Waals surface area contributed by atoms with Crippen LogP contribution in [-0.4, -0.2) is 24.4 Å². The molecule has 164 valence electrons. The number of methoxy groups -OCH3 is 1. The van der Waals surface area contributed by atoms with Crippen LogP contribution in [0.25, 0.3) is 22.3 Å². The van der Waals surface area contributed by atoms with Crippen molar-refractivity contribution in [1.82, 2.24) is 5.32 Å². The fourth-order valence-electron chi connectivity index (χ4n) is 3.63. The zero-order chi connectivity index (χ0) is 22.5. The molecule has 0 spiro atoms. The van der Waals surface area contributed by atoms with Crippen LogP contribution >= 0.6 is 11.8 Å². The van der Waals surface area contributed by atoms with Crippen LogP contribution in [0, 0.1) is 0 Å². The lowest BCUT2D eigenvalue weighted by atomic mass is 10.1. The largest absolute Gasteiger partial charge is 0.504 e. The lowest BCUT2D eigenvalue weighted by molar-refractivity contribution is -0.121. The van der Waals surface area contributed by atoms with Gasteiger partial charge in [-0.05, 0) is 54.1 Å². The topological polar surface area (TPSA) is 71.7 Å². The number of aryl methyl sites for hydroxylation is 1. The molecule has 3 aromatic carbocycles. The summed E-state index contributed by atoms with van der Waals surface area (Å²) in [5, 5.41) is 13.9. The Morgan fingerprint density at radius 3 is 2.62 bits per heavy atom. The summed E-state index contributed by atoms with van der Waals surface area (Å²) in [6.07, 6.45) is 3.08. The van der Waals surface area contributed by atoms with Gasteiger partial charge in [0.25, 0.3) is 0 Å². The molecule has 0 unspecified atom stereocenters. The molecule has 0 atom stereocenters. The summed E-state index contributed by atoms with van der Waals surface area (Å²) in [5.41, 5.74) is 3.79. The highest BCUT2D eigenvalue weighted by Gasteiger charge is 2.17. The number of phenols is 1. The van der Waals surface area contributed by atoms with Crippen molar-refractivity contribution < 1.29 is 19.1 Å². The SMILES string of the molecule is COc1cc(-c2oc3ccc(CCC(=O)NCc4ccccc4)cc3c2SC)ccc1O. The monoisotopic (exact) mass is 447 g/mol. The third-order valence-electron chi connectivity index (χ3n) is 5.33. The van der Waals surface area contributed by atoms with Crippen molar-refractivity contribution in [2.45, 2.75) is 24.3 Å². The van der Waals surface area contributed by atoms with Crippen molar-refractivity contribution in [1.29, 1.82) is 0 Å². The van der Waals surface area contributed by atoms with E-state index in [-0.39, 0.29) is 11.7 Å². The number of thioether (sulfide) groups is 1. The smallest absolute Gasteiger partial charge is 0.220 e. The van der Waals surface area contributed by atoms with Gasteiger partial charge in [0.2, 0.25) is 5.91 Å². The molecular formula is C26H25NO4S. The Balaban J connectivity index is 1.50. The Hall–Kier alpha value is -3.38. The van der Waals surface area contributed by atoms with Gasteiger partial charge in [0, 0.05) is 23.9 Å². The van der Waals surface area contributed by atoms with Crippen molar-refractivity contribution in [3.63, 3.8) is 0 Å². The van der Waals surface area contributed by atoms with E-state index in [9.17, 15) is 9.90 Å². The quantitative estimate of drug-likeness (QED) is 0.335. The van der Waals surface area contributed by atoms with E-state index in [0.29, 0.717) is 25.1 Å². The van der Waals surface area contributed by atoms with Crippen LogP contribution in [0.1, 0.15) is 17.5 Å². The van der Waals surface area contributed by atoms with Crippen LogP contribution in [0.2, 0.25) is 0 Å². The number of hydrogen-bond acceptors (Lipinski definition) is 5. The van der Waals surface area contributed by atoms with E-state index in [1.54, 1.807) is 23.9 Å². The Morgan fingerprint density at radius 1 is 1.06 bits per heavy atom. The highest BCUT2D eigenvalue weighted by molar-refractivity contribution is 7.99. The molecule has 6 heteroatoms. The first-order chi connectivity index (χ1) is 15.6. The number of benzene rings is 3. The van der Waals surface area contributed by atoms with Gasteiger partial charge in [0.15, 0.2) is 11.5 Å². The maximum absolute atomic E-state index is 12.3. The highest BCUT2D eigenvalue weighted by atomic mass is 32.2. The molecule has 2 N–H and O–H groups in total. The zero-order valence-corrected chi connectivity index (χ0v) is 18.9. The van der Waals surface area contributed by atoms with E-state index in [0.717, 1.165) is 38.3 Å². The fraction of sp³-hybridized carbons (Fsp3) is 0.192. The summed E-state index contributed by atoms with van der Waals surface area (Å²) < 4.78 is 11.4. The second-order valence-electron chi connectivity index (χ2n) is 7.44. The molecule has 0 saturated carbocycles. The zero-order valence-electron chi connectivity index (χ0n) is 18.1. The lowest BCUT2D eigenvalue weighted by Gasteiger charge is -2.06. The average Bonchev–Trinajstić information content (AvgIpc) is 3.20.